The fourth-order valence-corrected chi connectivity index (χ4v) is 5.05. The van der Waals surface area contributed by atoms with Crippen molar-refractivity contribution in [3.05, 3.63) is 123 Å². The van der Waals surface area contributed by atoms with Gasteiger partial charge in [-0.1, -0.05) is 49.4 Å². The first-order valence-corrected chi connectivity index (χ1v) is 13.3. The van der Waals surface area contributed by atoms with Gasteiger partial charge in [0.2, 0.25) is 0 Å². The molecule has 2 heterocycles. The lowest BCUT2D eigenvalue weighted by molar-refractivity contribution is 0.160. The van der Waals surface area contributed by atoms with Gasteiger partial charge in [0.15, 0.2) is 5.82 Å². The Morgan fingerprint density at radius 1 is 0.949 bits per heavy atom. The summed E-state index contributed by atoms with van der Waals surface area (Å²) >= 11 is 0. The van der Waals surface area contributed by atoms with Crippen molar-refractivity contribution in [2.45, 2.75) is 59.3 Å². The summed E-state index contributed by atoms with van der Waals surface area (Å²) in [5, 5.41) is 13.7. The molecule has 8 heteroatoms. The van der Waals surface area contributed by atoms with Gasteiger partial charge >= 0.3 is 0 Å². The van der Waals surface area contributed by atoms with Crippen LogP contribution in [0.1, 0.15) is 53.0 Å². The monoisotopic (exact) mass is 524 g/mol. The molecule has 2 aromatic heterocycles. The number of H-pyrrole nitrogens is 1. The van der Waals surface area contributed by atoms with Crippen LogP contribution in [0.4, 0.5) is 4.39 Å². The number of aryl methyl sites for hydroxylation is 4. The Labute approximate surface area is 227 Å². The normalized spacial score (nSPS) is 12.3. The van der Waals surface area contributed by atoms with E-state index >= 15 is 0 Å². The van der Waals surface area contributed by atoms with Crippen molar-refractivity contribution in [3.63, 3.8) is 0 Å². The van der Waals surface area contributed by atoms with Crippen molar-refractivity contribution in [3.8, 4) is 0 Å². The zero-order chi connectivity index (χ0) is 27.4. The Morgan fingerprint density at radius 2 is 1.69 bits per heavy atom. The average molecular weight is 525 g/mol. The SMILES string of the molecule is CC[C@H](c1nnnn1CCc1ccccc1)N(Cc1ccc(F)cc1)Cc1cc2cc(C)c(C)cc2[nH]c1=O. The van der Waals surface area contributed by atoms with Crippen LogP contribution in [0.5, 0.6) is 0 Å². The van der Waals surface area contributed by atoms with E-state index in [4.69, 9.17) is 0 Å². The lowest BCUT2D eigenvalue weighted by atomic mass is 10.0. The second kappa shape index (κ2) is 11.7. The Morgan fingerprint density at radius 3 is 2.44 bits per heavy atom. The van der Waals surface area contributed by atoms with Gasteiger partial charge in [0.25, 0.3) is 5.56 Å². The van der Waals surface area contributed by atoms with Crippen molar-refractivity contribution in [2.75, 3.05) is 0 Å². The van der Waals surface area contributed by atoms with Crippen LogP contribution in [0.3, 0.4) is 0 Å². The Balaban J connectivity index is 1.49. The first kappa shape index (κ1) is 26.4. The van der Waals surface area contributed by atoms with Gasteiger partial charge in [0, 0.05) is 30.7 Å². The Hall–Kier alpha value is -4.17. The minimum atomic E-state index is -0.279. The van der Waals surface area contributed by atoms with E-state index in [1.54, 1.807) is 12.1 Å². The number of pyridine rings is 1. The number of fused-ring (bicyclic) bond motifs is 1. The smallest absolute Gasteiger partial charge is 0.252 e. The van der Waals surface area contributed by atoms with Crippen molar-refractivity contribution in [1.82, 2.24) is 30.1 Å². The first-order valence-electron chi connectivity index (χ1n) is 13.3. The number of rotatable bonds is 10. The van der Waals surface area contributed by atoms with Crippen molar-refractivity contribution >= 4 is 10.9 Å². The molecule has 5 aromatic rings. The third-order valence-corrected chi connectivity index (χ3v) is 7.35. The van der Waals surface area contributed by atoms with Crippen molar-refractivity contribution in [2.24, 2.45) is 0 Å². The molecule has 0 saturated carbocycles. The number of nitrogens with one attached hydrogen (secondary N) is 1. The minimum Gasteiger partial charge on any atom is -0.322 e. The lowest BCUT2D eigenvalue weighted by Crippen LogP contribution is -2.32. The molecule has 200 valence electrons. The van der Waals surface area contributed by atoms with Crippen LogP contribution in [-0.4, -0.2) is 30.1 Å². The quantitative estimate of drug-likeness (QED) is 0.255. The van der Waals surface area contributed by atoms with E-state index in [1.165, 1.54) is 23.3 Å². The van der Waals surface area contributed by atoms with E-state index in [-0.39, 0.29) is 17.4 Å². The van der Waals surface area contributed by atoms with E-state index in [2.05, 4.69) is 57.5 Å². The number of nitrogens with zero attached hydrogens (tertiary/aromatic N) is 5. The van der Waals surface area contributed by atoms with E-state index < -0.39 is 0 Å². The number of benzene rings is 3. The fourth-order valence-electron chi connectivity index (χ4n) is 5.05. The third-order valence-electron chi connectivity index (χ3n) is 7.35. The second-order valence-corrected chi connectivity index (χ2v) is 10.1. The number of aromatic nitrogens is 5. The average Bonchev–Trinajstić information content (AvgIpc) is 3.39. The highest BCUT2D eigenvalue weighted by atomic mass is 19.1. The van der Waals surface area contributed by atoms with Crippen LogP contribution in [0, 0.1) is 19.7 Å². The molecule has 0 radical (unpaired) electrons. The third kappa shape index (κ3) is 6.12. The second-order valence-electron chi connectivity index (χ2n) is 10.1. The molecule has 0 aliphatic carbocycles. The standard InChI is InChI=1S/C31H33FN6O/c1-4-29(30-34-35-36-38(30)15-14-23-8-6-5-7-9-23)37(19-24-10-12-27(32)13-11-24)20-26-18-25-16-21(2)22(3)17-28(25)33-31(26)39/h5-13,16-18,29H,4,14-15,19-20H2,1-3H3,(H,33,39)/t29-/m1/s1. The molecule has 5 rings (SSSR count). The summed E-state index contributed by atoms with van der Waals surface area (Å²) < 4.78 is 15.5. The van der Waals surface area contributed by atoms with Crippen molar-refractivity contribution in [1.29, 1.82) is 0 Å². The van der Waals surface area contributed by atoms with Crippen molar-refractivity contribution < 1.29 is 4.39 Å². The molecule has 0 bridgehead atoms. The molecule has 0 fully saturated rings. The molecule has 7 nitrogen and oxygen atoms in total. The van der Waals surface area contributed by atoms with Gasteiger partial charge in [-0.15, -0.1) is 5.10 Å². The van der Waals surface area contributed by atoms with Crippen LogP contribution in [0.2, 0.25) is 0 Å². The Kier molecular flexibility index (Phi) is 7.93. The van der Waals surface area contributed by atoms with Gasteiger partial charge in [-0.25, -0.2) is 9.07 Å². The Bertz CT molecular complexity index is 1610. The molecule has 39 heavy (non-hydrogen) atoms. The summed E-state index contributed by atoms with van der Waals surface area (Å²) in [6, 6.07) is 22.7. The molecule has 0 aliphatic heterocycles. The number of halogens is 1. The molecule has 0 aliphatic rings. The maximum Gasteiger partial charge on any atom is 0.252 e. The molecule has 1 N–H and O–H groups in total. The highest BCUT2D eigenvalue weighted by Crippen LogP contribution is 2.27. The van der Waals surface area contributed by atoms with Crippen LogP contribution in [0.15, 0.2) is 77.6 Å². The molecule has 1 atom stereocenters. The van der Waals surface area contributed by atoms with Gasteiger partial charge < -0.3 is 4.98 Å². The topological polar surface area (TPSA) is 79.7 Å². The molecule has 0 spiro atoms. The summed E-state index contributed by atoms with van der Waals surface area (Å²) in [4.78, 5) is 18.5. The van der Waals surface area contributed by atoms with Gasteiger partial charge in [-0.05, 0) is 95.1 Å². The van der Waals surface area contributed by atoms with Gasteiger partial charge in [-0.3, -0.25) is 9.69 Å². The van der Waals surface area contributed by atoms with Crippen LogP contribution >= 0.6 is 0 Å². The first-order chi connectivity index (χ1) is 18.9. The lowest BCUT2D eigenvalue weighted by Gasteiger charge is -2.30. The number of hydrogen-bond acceptors (Lipinski definition) is 5. The molecular weight excluding hydrogens is 491 g/mol. The van der Waals surface area contributed by atoms with E-state index in [9.17, 15) is 9.18 Å². The number of hydrogen-bond donors (Lipinski definition) is 1. The number of aromatic amines is 1. The summed E-state index contributed by atoms with van der Waals surface area (Å²) in [6.45, 7) is 7.74. The zero-order valence-electron chi connectivity index (χ0n) is 22.6. The predicted octanol–water partition coefficient (Wildman–Crippen LogP) is 5.67. The van der Waals surface area contributed by atoms with Crippen LogP contribution in [0.25, 0.3) is 10.9 Å². The zero-order valence-corrected chi connectivity index (χ0v) is 22.6. The predicted molar refractivity (Wildman–Crippen MR) is 151 cm³/mol. The largest absolute Gasteiger partial charge is 0.322 e. The minimum absolute atomic E-state index is 0.117. The maximum atomic E-state index is 13.7. The van der Waals surface area contributed by atoms with Crippen LogP contribution < -0.4 is 5.56 Å². The highest BCUT2D eigenvalue weighted by Gasteiger charge is 2.26. The number of tetrazole rings is 1. The van der Waals surface area contributed by atoms with Crippen LogP contribution in [-0.2, 0) is 26.1 Å². The van der Waals surface area contributed by atoms with E-state index in [0.717, 1.165) is 40.7 Å². The van der Waals surface area contributed by atoms with Gasteiger partial charge in [0.05, 0.1) is 6.04 Å². The molecule has 0 amide bonds. The summed E-state index contributed by atoms with van der Waals surface area (Å²) in [6.07, 6.45) is 1.53. The maximum absolute atomic E-state index is 13.7. The van der Waals surface area contributed by atoms with E-state index in [1.807, 2.05) is 41.9 Å². The van der Waals surface area contributed by atoms with Gasteiger partial charge in [-0.2, -0.15) is 0 Å². The molecule has 0 saturated heterocycles. The molecule has 0 unspecified atom stereocenters. The summed E-state index contributed by atoms with van der Waals surface area (Å²) in [5.74, 6) is 0.470. The summed E-state index contributed by atoms with van der Waals surface area (Å²) in [7, 11) is 0. The van der Waals surface area contributed by atoms with Gasteiger partial charge in [0.1, 0.15) is 5.82 Å². The molecule has 3 aromatic carbocycles. The fraction of sp³-hybridized carbons (Fsp3) is 0.290. The molecular formula is C31H33FN6O. The summed E-state index contributed by atoms with van der Waals surface area (Å²) in [5.41, 5.74) is 5.84. The highest BCUT2D eigenvalue weighted by molar-refractivity contribution is 5.80. The van der Waals surface area contributed by atoms with E-state index in [0.29, 0.717) is 25.2 Å².